The van der Waals surface area contributed by atoms with Gasteiger partial charge in [0.2, 0.25) is 9.84 Å². The SMILES string of the molecule is Cc1csc(C=C(C#N)S(=O)(=O)c2ccc(Br)cc2)c1. The van der Waals surface area contributed by atoms with Gasteiger partial charge in [-0.25, -0.2) is 8.42 Å². The van der Waals surface area contributed by atoms with Crippen molar-refractivity contribution in [2.75, 3.05) is 0 Å². The topological polar surface area (TPSA) is 57.9 Å². The monoisotopic (exact) mass is 367 g/mol. The van der Waals surface area contributed by atoms with Crippen LogP contribution in [0.1, 0.15) is 10.4 Å². The van der Waals surface area contributed by atoms with Crippen LogP contribution in [0.2, 0.25) is 0 Å². The summed E-state index contributed by atoms with van der Waals surface area (Å²) < 4.78 is 25.6. The van der Waals surface area contributed by atoms with Crippen LogP contribution >= 0.6 is 27.3 Å². The summed E-state index contributed by atoms with van der Waals surface area (Å²) in [7, 11) is -3.77. The average Bonchev–Trinajstić information content (AvgIpc) is 2.82. The van der Waals surface area contributed by atoms with Crippen molar-refractivity contribution in [1.29, 1.82) is 5.26 Å². The van der Waals surface area contributed by atoms with Crippen LogP contribution in [-0.4, -0.2) is 8.42 Å². The molecular formula is C14H10BrNO2S2. The Morgan fingerprint density at radius 2 is 2.00 bits per heavy atom. The molecule has 3 nitrogen and oxygen atoms in total. The standard InChI is InChI=1S/C14H10BrNO2S2/c1-10-6-12(19-9-10)7-14(8-16)20(17,18)13-4-2-11(15)3-5-13/h2-7,9H,1H3. The molecule has 0 atom stereocenters. The first-order valence-corrected chi connectivity index (χ1v) is 8.76. The van der Waals surface area contributed by atoms with E-state index in [4.69, 9.17) is 5.26 Å². The lowest BCUT2D eigenvalue weighted by atomic mass is 10.3. The van der Waals surface area contributed by atoms with Gasteiger partial charge in [0.1, 0.15) is 6.07 Å². The number of benzene rings is 1. The number of hydrogen-bond donors (Lipinski definition) is 0. The molecule has 0 bridgehead atoms. The minimum Gasteiger partial charge on any atom is -0.218 e. The highest BCUT2D eigenvalue weighted by molar-refractivity contribution is 9.10. The lowest BCUT2D eigenvalue weighted by Crippen LogP contribution is -2.03. The Labute approximate surface area is 130 Å². The molecule has 20 heavy (non-hydrogen) atoms. The third-order valence-electron chi connectivity index (χ3n) is 2.55. The number of aryl methyl sites for hydroxylation is 1. The minimum atomic E-state index is -3.77. The molecular weight excluding hydrogens is 358 g/mol. The number of nitrogens with zero attached hydrogens (tertiary/aromatic N) is 1. The first-order chi connectivity index (χ1) is 9.43. The van der Waals surface area contributed by atoms with Gasteiger partial charge >= 0.3 is 0 Å². The van der Waals surface area contributed by atoms with Crippen molar-refractivity contribution in [3.05, 3.63) is 55.5 Å². The Morgan fingerprint density at radius 3 is 2.50 bits per heavy atom. The summed E-state index contributed by atoms with van der Waals surface area (Å²) in [5.74, 6) is 0. The Kier molecular flexibility index (Phi) is 4.43. The fraction of sp³-hybridized carbons (Fsp3) is 0.0714. The van der Waals surface area contributed by atoms with Crippen molar-refractivity contribution >= 4 is 43.2 Å². The van der Waals surface area contributed by atoms with E-state index in [1.54, 1.807) is 18.2 Å². The van der Waals surface area contributed by atoms with Crippen molar-refractivity contribution in [2.45, 2.75) is 11.8 Å². The lowest BCUT2D eigenvalue weighted by molar-refractivity contribution is 0.603. The van der Waals surface area contributed by atoms with Crippen LogP contribution < -0.4 is 0 Å². The molecule has 0 aliphatic heterocycles. The summed E-state index contributed by atoms with van der Waals surface area (Å²) in [4.78, 5) is 0.614. The van der Waals surface area contributed by atoms with Crippen molar-refractivity contribution < 1.29 is 8.42 Å². The fourth-order valence-corrected chi connectivity index (χ4v) is 3.89. The number of hydrogen-bond acceptors (Lipinski definition) is 4. The summed E-state index contributed by atoms with van der Waals surface area (Å²) in [6.45, 7) is 1.92. The van der Waals surface area contributed by atoms with Gasteiger partial charge in [-0.05, 0) is 54.3 Å². The molecule has 0 saturated heterocycles. The van der Waals surface area contributed by atoms with Gasteiger partial charge in [-0.1, -0.05) is 15.9 Å². The van der Waals surface area contributed by atoms with Crippen LogP contribution in [0.4, 0.5) is 0 Å². The van der Waals surface area contributed by atoms with Crippen LogP contribution in [0.3, 0.4) is 0 Å². The molecule has 6 heteroatoms. The number of thiophene rings is 1. The van der Waals surface area contributed by atoms with Crippen molar-refractivity contribution in [3.63, 3.8) is 0 Å². The fourth-order valence-electron chi connectivity index (χ4n) is 1.57. The molecule has 0 radical (unpaired) electrons. The number of halogens is 1. The Hall–Kier alpha value is -1.42. The number of rotatable bonds is 3. The summed E-state index contributed by atoms with van der Waals surface area (Å²) in [6, 6.07) is 9.85. The second-order valence-corrected chi connectivity index (χ2v) is 7.88. The molecule has 0 spiro atoms. The number of nitriles is 1. The normalized spacial score (nSPS) is 12.2. The highest BCUT2D eigenvalue weighted by atomic mass is 79.9. The zero-order chi connectivity index (χ0) is 14.8. The van der Waals surface area contributed by atoms with Gasteiger partial charge < -0.3 is 0 Å². The van der Waals surface area contributed by atoms with Crippen LogP contribution in [-0.2, 0) is 9.84 Å². The summed E-state index contributed by atoms with van der Waals surface area (Å²) in [6.07, 6.45) is 1.41. The maximum absolute atomic E-state index is 12.4. The maximum atomic E-state index is 12.4. The van der Waals surface area contributed by atoms with E-state index in [0.29, 0.717) is 0 Å². The zero-order valence-corrected chi connectivity index (χ0v) is 13.7. The van der Waals surface area contributed by atoms with E-state index in [0.717, 1.165) is 14.9 Å². The van der Waals surface area contributed by atoms with E-state index in [1.165, 1.54) is 29.5 Å². The van der Waals surface area contributed by atoms with Gasteiger partial charge in [-0.15, -0.1) is 11.3 Å². The lowest BCUT2D eigenvalue weighted by Gasteiger charge is -2.02. The molecule has 102 valence electrons. The maximum Gasteiger partial charge on any atom is 0.216 e. The molecule has 0 aliphatic rings. The Morgan fingerprint density at radius 1 is 1.35 bits per heavy atom. The molecule has 0 saturated carbocycles. The molecule has 0 amide bonds. The van der Waals surface area contributed by atoms with E-state index < -0.39 is 9.84 Å². The number of sulfone groups is 1. The largest absolute Gasteiger partial charge is 0.218 e. The zero-order valence-electron chi connectivity index (χ0n) is 10.5. The second kappa shape index (κ2) is 5.92. The Balaban J connectivity index is 2.48. The molecule has 1 aromatic heterocycles. The van der Waals surface area contributed by atoms with E-state index in [9.17, 15) is 8.42 Å². The van der Waals surface area contributed by atoms with Gasteiger partial charge in [0.25, 0.3) is 0 Å². The molecule has 0 fully saturated rings. The van der Waals surface area contributed by atoms with E-state index >= 15 is 0 Å². The predicted octanol–water partition coefficient (Wildman–Crippen LogP) is 4.16. The second-order valence-electron chi connectivity index (χ2n) is 4.10. The minimum absolute atomic E-state index is 0.113. The van der Waals surface area contributed by atoms with Gasteiger partial charge in [0.15, 0.2) is 4.91 Å². The van der Waals surface area contributed by atoms with Crippen molar-refractivity contribution in [2.24, 2.45) is 0 Å². The van der Waals surface area contributed by atoms with Crippen LogP contribution in [0, 0.1) is 18.3 Å². The molecule has 0 N–H and O–H groups in total. The molecule has 1 aromatic carbocycles. The van der Waals surface area contributed by atoms with Crippen LogP contribution in [0.5, 0.6) is 0 Å². The van der Waals surface area contributed by atoms with E-state index in [-0.39, 0.29) is 9.80 Å². The van der Waals surface area contributed by atoms with Crippen molar-refractivity contribution in [1.82, 2.24) is 0 Å². The van der Waals surface area contributed by atoms with Gasteiger partial charge in [-0.2, -0.15) is 5.26 Å². The molecule has 1 heterocycles. The van der Waals surface area contributed by atoms with E-state index in [1.807, 2.05) is 18.4 Å². The molecule has 2 aromatic rings. The highest BCUT2D eigenvalue weighted by Crippen LogP contribution is 2.25. The van der Waals surface area contributed by atoms with E-state index in [2.05, 4.69) is 15.9 Å². The summed E-state index contributed by atoms with van der Waals surface area (Å²) >= 11 is 4.66. The summed E-state index contributed by atoms with van der Waals surface area (Å²) in [5.41, 5.74) is 1.04. The Bertz CT molecular complexity index is 796. The first-order valence-electron chi connectivity index (χ1n) is 5.61. The van der Waals surface area contributed by atoms with Crippen molar-refractivity contribution in [3.8, 4) is 6.07 Å². The molecule has 2 rings (SSSR count). The third-order valence-corrected chi connectivity index (χ3v) is 5.75. The quantitative estimate of drug-likeness (QED) is 0.765. The third kappa shape index (κ3) is 3.18. The van der Waals surface area contributed by atoms with Crippen LogP contribution in [0.15, 0.2) is 50.0 Å². The smallest absolute Gasteiger partial charge is 0.216 e. The first kappa shape index (κ1) is 15.0. The summed E-state index contributed by atoms with van der Waals surface area (Å²) in [5, 5.41) is 11.1. The predicted molar refractivity (Wildman–Crippen MR) is 84.0 cm³/mol. The van der Waals surface area contributed by atoms with Crippen LogP contribution in [0.25, 0.3) is 6.08 Å². The molecule has 0 unspecified atom stereocenters. The molecule has 0 aliphatic carbocycles. The number of allylic oxidation sites excluding steroid dienone is 1. The van der Waals surface area contributed by atoms with Gasteiger partial charge in [-0.3, -0.25) is 0 Å². The van der Waals surface area contributed by atoms with Gasteiger partial charge in [0.05, 0.1) is 4.90 Å². The van der Waals surface area contributed by atoms with Gasteiger partial charge in [0, 0.05) is 9.35 Å². The highest BCUT2D eigenvalue weighted by Gasteiger charge is 2.20. The average molecular weight is 368 g/mol.